The van der Waals surface area contributed by atoms with Crippen LogP contribution in [0.1, 0.15) is 24.8 Å². The quantitative estimate of drug-likeness (QED) is 0.852. The van der Waals surface area contributed by atoms with Crippen LogP contribution in [0.5, 0.6) is 5.75 Å². The number of hydrogen-bond acceptors (Lipinski definition) is 4. The number of ether oxygens (including phenoxy) is 2. The highest BCUT2D eigenvalue weighted by Gasteiger charge is 2.56. The first-order valence-electron chi connectivity index (χ1n) is 7.29. The molecule has 6 heteroatoms. The van der Waals surface area contributed by atoms with Crippen LogP contribution in [0.2, 0.25) is 0 Å². The minimum absolute atomic E-state index is 0.310. The molecular weight excluding hydrogens is 286 g/mol. The van der Waals surface area contributed by atoms with E-state index in [4.69, 9.17) is 9.47 Å². The largest absolute Gasteiger partial charge is 0.481 e. The summed E-state index contributed by atoms with van der Waals surface area (Å²) in [6.07, 6.45) is 0.469. The molecule has 6 nitrogen and oxygen atoms in total. The Morgan fingerprint density at radius 2 is 2.23 bits per heavy atom. The zero-order valence-corrected chi connectivity index (χ0v) is 12.6. The van der Waals surface area contributed by atoms with Crippen LogP contribution < -0.4 is 4.74 Å². The fourth-order valence-electron chi connectivity index (χ4n) is 3.52. The molecule has 2 heterocycles. The molecule has 0 aliphatic carbocycles. The number of carbonyl (C=O) groups excluding carboxylic acids is 1. The van der Waals surface area contributed by atoms with Crippen LogP contribution >= 0.6 is 0 Å². The van der Waals surface area contributed by atoms with Crippen molar-refractivity contribution in [3.8, 4) is 5.75 Å². The molecule has 0 radical (unpaired) electrons. The van der Waals surface area contributed by atoms with Gasteiger partial charge in [0.2, 0.25) is 5.91 Å². The third kappa shape index (κ3) is 2.14. The van der Waals surface area contributed by atoms with E-state index >= 15 is 0 Å². The van der Waals surface area contributed by atoms with Crippen LogP contribution in [-0.2, 0) is 14.3 Å². The zero-order chi connectivity index (χ0) is 15.9. The number of piperidine rings is 1. The third-order valence-corrected chi connectivity index (χ3v) is 4.54. The van der Waals surface area contributed by atoms with Crippen LogP contribution in [0.3, 0.4) is 0 Å². The van der Waals surface area contributed by atoms with Crippen molar-refractivity contribution in [1.29, 1.82) is 0 Å². The van der Waals surface area contributed by atoms with Crippen molar-refractivity contribution in [1.82, 2.24) is 4.90 Å². The highest BCUT2D eigenvalue weighted by Crippen LogP contribution is 2.49. The molecule has 3 atom stereocenters. The molecule has 1 fully saturated rings. The van der Waals surface area contributed by atoms with Gasteiger partial charge in [0, 0.05) is 26.0 Å². The van der Waals surface area contributed by atoms with Crippen molar-refractivity contribution in [3.05, 3.63) is 29.8 Å². The molecule has 1 saturated heterocycles. The third-order valence-electron chi connectivity index (χ3n) is 4.54. The number of methoxy groups -OCH3 is 1. The molecule has 0 spiro atoms. The minimum atomic E-state index is -1.09. The molecule has 118 valence electrons. The summed E-state index contributed by atoms with van der Waals surface area (Å²) in [5.74, 6) is -2.27. The number of benzene rings is 1. The molecule has 0 saturated carbocycles. The van der Waals surface area contributed by atoms with E-state index in [2.05, 4.69) is 0 Å². The molecule has 3 rings (SSSR count). The van der Waals surface area contributed by atoms with Crippen LogP contribution in [0.25, 0.3) is 0 Å². The maximum Gasteiger partial charge on any atom is 0.316 e. The number of amides is 1. The first-order valence-corrected chi connectivity index (χ1v) is 7.29. The summed E-state index contributed by atoms with van der Waals surface area (Å²) in [6, 6.07) is 7.35. The molecule has 0 aromatic heterocycles. The van der Waals surface area contributed by atoms with Crippen molar-refractivity contribution >= 4 is 11.9 Å². The highest BCUT2D eigenvalue weighted by atomic mass is 16.5. The van der Waals surface area contributed by atoms with Gasteiger partial charge in [-0.05, 0) is 18.6 Å². The van der Waals surface area contributed by atoms with Gasteiger partial charge in [0.05, 0.1) is 6.61 Å². The van der Waals surface area contributed by atoms with E-state index in [1.807, 2.05) is 31.2 Å². The Balaban J connectivity index is 2.07. The summed E-state index contributed by atoms with van der Waals surface area (Å²) < 4.78 is 11.1. The van der Waals surface area contributed by atoms with Crippen molar-refractivity contribution in [2.75, 3.05) is 20.3 Å². The van der Waals surface area contributed by atoms with Crippen LogP contribution in [0.15, 0.2) is 24.3 Å². The Kier molecular flexibility index (Phi) is 3.56. The normalized spacial score (nSPS) is 29.7. The van der Waals surface area contributed by atoms with Gasteiger partial charge in [-0.2, -0.15) is 0 Å². The second-order valence-electron chi connectivity index (χ2n) is 5.92. The second kappa shape index (κ2) is 5.28. The lowest BCUT2D eigenvalue weighted by Gasteiger charge is -2.52. The van der Waals surface area contributed by atoms with E-state index in [-0.39, 0.29) is 5.92 Å². The molecule has 1 N–H and O–H groups in total. The monoisotopic (exact) mass is 305 g/mol. The Morgan fingerprint density at radius 3 is 2.91 bits per heavy atom. The Bertz CT molecular complexity index is 616. The summed E-state index contributed by atoms with van der Waals surface area (Å²) in [5.41, 5.74) is -0.0345. The molecule has 1 aromatic carbocycles. The van der Waals surface area contributed by atoms with E-state index in [1.54, 1.807) is 7.11 Å². The Labute approximate surface area is 128 Å². The maximum absolute atomic E-state index is 12.7. The number of carbonyl (C=O) groups is 2. The average molecular weight is 305 g/mol. The summed E-state index contributed by atoms with van der Waals surface area (Å²) >= 11 is 0. The van der Waals surface area contributed by atoms with E-state index in [1.165, 1.54) is 4.90 Å². The molecule has 2 bridgehead atoms. The summed E-state index contributed by atoms with van der Waals surface area (Å²) in [5, 5.41) is 9.55. The lowest BCUT2D eigenvalue weighted by molar-refractivity contribution is -0.181. The molecule has 1 amide bonds. The van der Waals surface area contributed by atoms with Gasteiger partial charge >= 0.3 is 5.97 Å². The number of likely N-dealkylation sites (tertiary alicyclic amines) is 1. The van der Waals surface area contributed by atoms with Gasteiger partial charge in [-0.1, -0.05) is 18.2 Å². The van der Waals surface area contributed by atoms with Crippen LogP contribution in [0.4, 0.5) is 0 Å². The number of para-hydroxylation sites is 1. The highest BCUT2D eigenvalue weighted by molar-refractivity contribution is 5.99. The van der Waals surface area contributed by atoms with Crippen LogP contribution in [-0.4, -0.2) is 47.9 Å². The zero-order valence-electron chi connectivity index (χ0n) is 12.6. The van der Waals surface area contributed by atoms with Gasteiger partial charge in [0.25, 0.3) is 0 Å². The fourth-order valence-corrected chi connectivity index (χ4v) is 3.52. The predicted octanol–water partition coefficient (Wildman–Crippen LogP) is 1.46. The van der Waals surface area contributed by atoms with Gasteiger partial charge < -0.3 is 19.5 Å². The topological polar surface area (TPSA) is 76.1 Å². The van der Waals surface area contributed by atoms with Crippen molar-refractivity contribution in [2.24, 2.45) is 5.92 Å². The Hall–Kier alpha value is -2.08. The fraction of sp³-hybridized carbons (Fsp3) is 0.500. The molecule has 2 aliphatic rings. The molecule has 2 aliphatic heterocycles. The maximum atomic E-state index is 12.7. The summed E-state index contributed by atoms with van der Waals surface area (Å²) in [6.45, 7) is 2.48. The smallest absolute Gasteiger partial charge is 0.316 e. The summed E-state index contributed by atoms with van der Waals surface area (Å²) in [7, 11) is 1.55. The van der Waals surface area contributed by atoms with Gasteiger partial charge in [-0.3, -0.25) is 9.59 Å². The number of carboxylic acid groups (broad SMARTS) is 1. The molecule has 22 heavy (non-hydrogen) atoms. The summed E-state index contributed by atoms with van der Waals surface area (Å²) in [4.78, 5) is 25.9. The molecule has 0 unspecified atom stereocenters. The van der Waals surface area contributed by atoms with E-state index in [0.717, 1.165) is 5.56 Å². The van der Waals surface area contributed by atoms with Crippen molar-refractivity contribution in [3.63, 3.8) is 0 Å². The number of fused-ring (bicyclic) bond motifs is 4. The lowest BCUT2D eigenvalue weighted by Crippen LogP contribution is -2.64. The SMILES string of the molecule is COCCN1C(=O)[C@@H](C(=O)O)[C@H]2C[C@@]1(C)Oc1ccccc12. The van der Waals surface area contributed by atoms with E-state index in [9.17, 15) is 14.7 Å². The van der Waals surface area contributed by atoms with Gasteiger partial charge in [-0.15, -0.1) is 0 Å². The number of aliphatic carboxylic acids is 1. The van der Waals surface area contributed by atoms with E-state index in [0.29, 0.717) is 25.3 Å². The second-order valence-corrected chi connectivity index (χ2v) is 5.92. The first-order chi connectivity index (χ1) is 10.5. The minimum Gasteiger partial charge on any atom is -0.481 e. The van der Waals surface area contributed by atoms with E-state index < -0.39 is 23.5 Å². The van der Waals surface area contributed by atoms with Crippen LogP contribution in [0, 0.1) is 5.92 Å². The van der Waals surface area contributed by atoms with Gasteiger partial charge in [-0.25, -0.2) is 0 Å². The molecule has 1 aromatic rings. The number of hydrogen-bond donors (Lipinski definition) is 1. The lowest BCUT2D eigenvalue weighted by atomic mass is 9.74. The van der Waals surface area contributed by atoms with Crippen molar-refractivity contribution in [2.45, 2.75) is 25.0 Å². The number of nitrogens with zero attached hydrogens (tertiary/aromatic N) is 1. The molecular formula is C16H19NO5. The first kappa shape index (κ1) is 14.8. The standard InChI is InChI=1S/C16H19NO5/c1-16-9-11(10-5-3-4-6-12(10)22-16)13(15(19)20)14(18)17(16)7-8-21-2/h3-6,11,13H,7-9H2,1-2H3,(H,19,20)/t11-,13-,16+/m0/s1. The predicted molar refractivity (Wildman–Crippen MR) is 77.5 cm³/mol. The van der Waals surface area contributed by atoms with Crippen molar-refractivity contribution < 1.29 is 24.2 Å². The number of carboxylic acids is 1. The van der Waals surface area contributed by atoms with Gasteiger partial charge in [0.15, 0.2) is 5.72 Å². The average Bonchev–Trinajstić information content (AvgIpc) is 2.46. The van der Waals surface area contributed by atoms with Gasteiger partial charge in [0.1, 0.15) is 11.7 Å². The Morgan fingerprint density at radius 1 is 1.50 bits per heavy atom. The number of rotatable bonds is 4.